The van der Waals surface area contributed by atoms with Crippen molar-refractivity contribution in [3.8, 4) is 23.0 Å². The minimum absolute atomic E-state index is 0.00987. The summed E-state index contributed by atoms with van der Waals surface area (Å²) in [6.07, 6.45) is 1.60. The predicted molar refractivity (Wildman–Crippen MR) is 112 cm³/mol. The first-order valence-electron chi connectivity index (χ1n) is 9.02. The number of ketones is 1. The Balaban J connectivity index is 1.61. The van der Waals surface area contributed by atoms with Gasteiger partial charge in [-0.3, -0.25) is 9.36 Å². The molecule has 0 amide bonds. The molecule has 0 bridgehead atoms. The zero-order valence-electron chi connectivity index (χ0n) is 16.0. The molecule has 0 atom stereocenters. The molecule has 29 heavy (non-hydrogen) atoms. The highest BCUT2D eigenvalue weighted by Gasteiger charge is 2.19. The van der Waals surface area contributed by atoms with Crippen molar-refractivity contribution in [2.24, 2.45) is 0 Å². The van der Waals surface area contributed by atoms with Gasteiger partial charge >= 0.3 is 0 Å². The van der Waals surface area contributed by atoms with E-state index in [1.54, 1.807) is 37.6 Å². The van der Waals surface area contributed by atoms with Gasteiger partial charge in [0.15, 0.2) is 16.7 Å². The molecule has 0 aliphatic heterocycles. The molecule has 6 nitrogen and oxygen atoms in total. The maximum absolute atomic E-state index is 12.6. The molecule has 2 heterocycles. The lowest BCUT2D eigenvalue weighted by Gasteiger charge is -2.09. The van der Waals surface area contributed by atoms with Crippen molar-refractivity contribution in [2.75, 3.05) is 12.9 Å². The molecule has 146 valence electrons. The molecule has 0 spiro atoms. The maximum atomic E-state index is 12.6. The minimum Gasteiger partial charge on any atom is -0.497 e. The first-order chi connectivity index (χ1) is 14.2. The van der Waals surface area contributed by atoms with E-state index in [2.05, 4.69) is 10.2 Å². The number of ether oxygens (including phenoxy) is 1. The summed E-state index contributed by atoms with van der Waals surface area (Å²) in [5.74, 6) is 2.19. The van der Waals surface area contributed by atoms with Crippen LogP contribution in [-0.4, -0.2) is 33.4 Å². The molecular formula is C22H19N3O3S. The van der Waals surface area contributed by atoms with Crippen molar-refractivity contribution >= 4 is 17.5 Å². The number of hydrogen-bond donors (Lipinski definition) is 0. The first kappa shape index (κ1) is 19.0. The number of Topliss-reactive ketones (excluding diaryl/α,β-unsaturated/α-hetero) is 1. The lowest BCUT2D eigenvalue weighted by atomic mass is 10.1. The van der Waals surface area contributed by atoms with Gasteiger partial charge in [0.1, 0.15) is 5.75 Å². The van der Waals surface area contributed by atoms with E-state index in [0.29, 0.717) is 22.3 Å². The van der Waals surface area contributed by atoms with Gasteiger partial charge in [-0.1, -0.05) is 29.5 Å². The SMILES string of the molecule is COc1ccc(C(=O)CSc2nnc(-c3ccco3)n2-c2ccc(C)cc2)cc1. The first-order valence-corrected chi connectivity index (χ1v) is 10.0. The summed E-state index contributed by atoms with van der Waals surface area (Å²) in [6, 6.07) is 18.8. The molecule has 2 aromatic heterocycles. The second-order valence-corrected chi connectivity index (χ2v) is 7.34. The normalized spacial score (nSPS) is 10.8. The van der Waals surface area contributed by atoms with Crippen molar-refractivity contribution in [3.63, 3.8) is 0 Å². The number of benzene rings is 2. The molecule has 0 unspecified atom stereocenters. The summed E-state index contributed by atoms with van der Waals surface area (Å²) < 4.78 is 12.6. The maximum Gasteiger partial charge on any atom is 0.205 e. The van der Waals surface area contributed by atoms with Crippen LogP contribution >= 0.6 is 11.8 Å². The molecule has 4 aromatic rings. The highest BCUT2D eigenvalue weighted by Crippen LogP contribution is 2.29. The Bertz CT molecular complexity index is 1100. The van der Waals surface area contributed by atoms with Crippen LogP contribution in [0.3, 0.4) is 0 Å². The van der Waals surface area contributed by atoms with Gasteiger partial charge in [0.2, 0.25) is 5.82 Å². The monoisotopic (exact) mass is 405 g/mol. The second-order valence-electron chi connectivity index (χ2n) is 6.39. The Morgan fingerprint density at radius 1 is 1.07 bits per heavy atom. The third kappa shape index (κ3) is 4.09. The van der Waals surface area contributed by atoms with Crippen LogP contribution in [0.5, 0.6) is 5.75 Å². The molecule has 0 fully saturated rings. The van der Waals surface area contributed by atoms with E-state index < -0.39 is 0 Å². The van der Waals surface area contributed by atoms with Crippen LogP contribution in [0.4, 0.5) is 0 Å². The van der Waals surface area contributed by atoms with Crippen molar-refractivity contribution in [3.05, 3.63) is 78.1 Å². The van der Waals surface area contributed by atoms with E-state index in [-0.39, 0.29) is 11.5 Å². The number of hydrogen-bond acceptors (Lipinski definition) is 6. The lowest BCUT2D eigenvalue weighted by molar-refractivity contribution is 0.102. The minimum atomic E-state index is 0.00987. The van der Waals surface area contributed by atoms with E-state index in [1.165, 1.54) is 11.8 Å². The third-order valence-corrected chi connectivity index (χ3v) is 5.34. The molecule has 7 heteroatoms. The number of thioether (sulfide) groups is 1. The van der Waals surface area contributed by atoms with Crippen molar-refractivity contribution < 1.29 is 13.9 Å². The zero-order valence-corrected chi connectivity index (χ0v) is 16.8. The number of carbonyl (C=O) groups excluding carboxylic acids is 1. The fourth-order valence-corrected chi connectivity index (χ4v) is 3.69. The van der Waals surface area contributed by atoms with E-state index in [1.807, 2.05) is 47.9 Å². The number of aromatic nitrogens is 3. The summed E-state index contributed by atoms with van der Waals surface area (Å²) in [7, 11) is 1.60. The van der Waals surface area contributed by atoms with Crippen molar-refractivity contribution in [1.29, 1.82) is 0 Å². The Kier molecular flexibility index (Phi) is 5.48. The smallest absolute Gasteiger partial charge is 0.205 e. The highest BCUT2D eigenvalue weighted by molar-refractivity contribution is 7.99. The van der Waals surface area contributed by atoms with Gasteiger partial charge < -0.3 is 9.15 Å². The molecule has 0 radical (unpaired) electrons. The average molecular weight is 405 g/mol. The molecule has 0 aliphatic carbocycles. The molecule has 2 aromatic carbocycles. The van der Waals surface area contributed by atoms with Crippen LogP contribution in [0.1, 0.15) is 15.9 Å². The van der Waals surface area contributed by atoms with Crippen LogP contribution in [0.15, 0.2) is 76.5 Å². The summed E-state index contributed by atoms with van der Waals surface area (Å²) >= 11 is 1.34. The third-order valence-electron chi connectivity index (χ3n) is 4.41. The number of methoxy groups -OCH3 is 1. The number of carbonyl (C=O) groups is 1. The molecule has 0 saturated heterocycles. The average Bonchev–Trinajstić information content (AvgIpc) is 3.42. The van der Waals surface area contributed by atoms with Crippen LogP contribution in [0, 0.1) is 6.92 Å². The summed E-state index contributed by atoms with van der Waals surface area (Å²) in [5, 5.41) is 9.24. The fourth-order valence-electron chi connectivity index (χ4n) is 2.85. The van der Waals surface area contributed by atoms with Crippen LogP contribution in [0.2, 0.25) is 0 Å². The number of furan rings is 1. The standard InChI is InChI=1S/C22H19N3O3S/c1-15-5-9-17(10-6-15)25-21(20-4-3-13-28-20)23-24-22(25)29-14-19(26)16-7-11-18(27-2)12-8-16/h3-13H,14H2,1-2H3. The Morgan fingerprint density at radius 2 is 1.83 bits per heavy atom. The Hall–Kier alpha value is -3.32. The van der Waals surface area contributed by atoms with E-state index in [0.717, 1.165) is 17.0 Å². The number of nitrogens with zero attached hydrogens (tertiary/aromatic N) is 3. The molecule has 0 N–H and O–H groups in total. The van der Waals surface area contributed by atoms with Crippen LogP contribution in [-0.2, 0) is 0 Å². The molecule has 4 rings (SSSR count). The van der Waals surface area contributed by atoms with E-state index in [4.69, 9.17) is 9.15 Å². The van der Waals surface area contributed by atoms with Crippen molar-refractivity contribution in [1.82, 2.24) is 14.8 Å². The zero-order chi connectivity index (χ0) is 20.2. The number of aryl methyl sites for hydroxylation is 1. The van der Waals surface area contributed by atoms with Gasteiger partial charge in [0.25, 0.3) is 0 Å². The molecule has 0 saturated carbocycles. The van der Waals surface area contributed by atoms with Crippen molar-refractivity contribution in [2.45, 2.75) is 12.1 Å². The summed E-state index contributed by atoms with van der Waals surface area (Å²) in [4.78, 5) is 12.6. The largest absolute Gasteiger partial charge is 0.497 e. The van der Waals surface area contributed by atoms with Gasteiger partial charge in [-0.05, 0) is 55.5 Å². The van der Waals surface area contributed by atoms with Gasteiger partial charge in [-0.15, -0.1) is 10.2 Å². The predicted octanol–water partition coefficient (Wildman–Crippen LogP) is 4.82. The summed E-state index contributed by atoms with van der Waals surface area (Å²) in [5.41, 5.74) is 2.70. The topological polar surface area (TPSA) is 70.2 Å². The van der Waals surface area contributed by atoms with E-state index >= 15 is 0 Å². The fraction of sp³-hybridized carbons (Fsp3) is 0.136. The van der Waals surface area contributed by atoms with Crippen LogP contribution < -0.4 is 4.74 Å². The van der Waals surface area contributed by atoms with Gasteiger partial charge in [0, 0.05) is 11.3 Å². The Labute approximate surface area is 172 Å². The molecule has 0 aliphatic rings. The quantitative estimate of drug-likeness (QED) is 0.324. The van der Waals surface area contributed by atoms with Gasteiger partial charge in [-0.2, -0.15) is 0 Å². The van der Waals surface area contributed by atoms with E-state index in [9.17, 15) is 4.79 Å². The summed E-state index contributed by atoms with van der Waals surface area (Å²) in [6.45, 7) is 2.03. The second kappa shape index (κ2) is 8.36. The highest BCUT2D eigenvalue weighted by atomic mass is 32.2. The van der Waals surface area contributed by atoms with Gasteiger partial charge in [-0.25, -0.2) is 0 Å². The van der Waals surface area contributed by atoms with Crippen LogP contribution in [0.25, 0.3) is 17.3 Å². The number of rotatable bonds is 7. The molecular weight excluding hydrogens is 386 g/mol. The lowest BCUT2D eigenvalue weighted by Crippen LogP contribution is -2.05. The van der Waals surface area contributed by atoms with Gasteiger partial charge in [0.05, 0.1) is 19.1 Å². The Morgan fingerprint density at radius 3 is 2.48 bits per heavy atom.